The molecule has 0 bridgehead atoms. The zero-order chi connectivity index (χ0) is 12.8. The van der Waals surface area contributed by atoms with Crippen molar-refractivity contribution in [3.05, 3.63) is 23.3 Å². The second kappa shape index (κ2) is 6.10. The molecule has 0 aromatic heterocycles. The van der Waals surface area contributed by atoms with Crippen molar-refractivity contribution in [3.63, 3.8) is 0 Å². The van der Waals surface area contributed by atoms with Gasteiger partial charge >= 0.3 is 5.97 Å². The number of carboxylic acids is 1. The first-order chi connectivity index (χ1) is 8.07. The van der Waals surface area contributed by atoms with Gasteiger partial charge in [0.2, 0.25) is 0 Å². The molecule has 0 heterocycles. The van der Waals surface area contributed by atoms with Gasteiger partial charge < -0.3 is 20.1 Å². The summed E-state index contributed by atoms with van der Waals surface area (Å²) in [4.78, 5) is 11.0. The van der Waals surface area contributed by atoms with E-state index in [1.807, 2.05) is 6.92 Å². The van der Waals surface area contributed by atoms with Crippen LogP contribution in [0.4, 0.5) is 0 Å². The van der Waals surface area contributed by atoms with Gasteiger partial charge in [0.1, 0.15) is 5.56 Å². The summed E-state index contributed by atoms with van der Waals surface area (Å²) >= 11 is 0. The third-order valence-electron chi connectivity index (χ3n) is 2.36. The number of aromatic hydroxyl groups is 2. The predicted molar refractivity (Wildman–Crippen MR) is 61.3 cm³/mol. The molecule has 0 saturated carbocycles. The van der Waals surface area contributed by atoms with E-state index in [2.05, 4.69) is 0 Å². The standard InChI is InChI=1S/C12H16O5/c1-2-3-6-17-7-8-4-5-9(13)11(14)10(8)12(15)16/h4-5,13-14H,2-3,6-7H2,1H3,(H,15,16). The summed E-state index contributed by atoms with van der Waals surface area (Å²) in [7, 11) is 0. The van der Waals surface area contributed by atoms with Crippen LogP contribution in [0.25, 0.3) is 0 Å². The molecule has 0 spiro atoms. The number of carbonyl (C=O) groups is 1. The molecular formula is C12H16O5. The first-order valence-corrected chi connectivity index (χ1v) is 5.42. The van der Waals surface area contributed by atoms with Gasteiger partial charge in [-0.3, -0.25) is 0 Å². The van der Waals surface area contributed by atoms with Crippen molar-refractivity contribution in [3.8, 4) is 11.5 Å². The number of phenolic OH excluding ortho intramolecular Hbond substituents is 1. The van der Waals surface area contributed by atoms with E-state index in [-0.39, 0.29) is 12.2 Å². The number of carboxylic acid groups (broad SMARTS) is 1. The Balaban J connectivity index is 2.84. The number of hydrogen-bond donors (Lipinski definition) is 3. The highest BCUT2D eigenvalue weighted by Gasteiger charge is 2.18. The van der Waals surface area contributed by atoms with Crippen molar-refractivity contribution < 1.29 is 24.9 Å². The molecule has 0 atom stereocenters. The molecule has 5 nitrogen and oxygen atoms in total. The Kier molecular flexibility index (Phi) is 4.78. The lowest BCUT2D eigenvalue weighted by molar-refractivity contribution is 0.0682. The molecule has 3 N–H and O–H groups in total. The zero-order valence-corrected chi connectivity index (χ0v) is 9.64. The molecule has 1 aromatic carbocycles. The fraction of sp³-hybridized carbons (Fsp3) is 0.417. The van der Waals surface area contributed by atoms with Crippen LogP contribution in [0.5, 0.6) is 11.5 Å². The van der Waals surface area contributed by atoms with E-state index < -0.39 is 17.5 Å². The van der Waals surface area contributed by atoms with Crippen molar-refractivity contribution in [2.75, 3.05) is 6.61 Å². The highest BCUT2D eigenvalue weighted by Crippen LogP contribution is 2.31. The van der Waals surface area contributed by atoms with Gasteiger partial charge in [-0.05, 0) is 18.1 Å². The summed E-state index contributed by atoms with van der Waals surface area (Å²) in [5.74, 6) is -2.35. The first-order valence-electron chi connectivity index (χ1n) is 5.42. The Labute approximate surface area is 99.3 Å². The number of ether oxygens (including phenoxy) is 1. The molecule has 0 amide bonds. The molecule has 1 rings (SSSR count). The molecule has 0 aliphatic rings. The fourth-order valence-electron chi connectivity index (χ4n) is 1.41. The van der Waals surface area contributed by atoms with Crippen LogP contribution in [-0.2, 0) is 11.3 Å². The Morgan fingerprint density at radius 1 is 1.35 bits per heavy atom. The topological polar surface area (TPSA) is 87.0 Å². The van der Waals surface area contributed by atoms with Crippen LogP contribution in [0.1, 0.15) is 35.7 Å². The molecule has 94 valence electrons. The van der Waals surface area contributed by atoms with Crippen LogP contribution in [0.15, 0.2) is 12.1 Å². The molecule has 0 aliphatic carbocycles. The summed E-state index contributed by atoms with van der Waals surface area (Å²) in [6, 6.07) is 2.69. The van der Waals surface area contributed by atoms with E-state index in [1.165, 1.54) is 12.1 Å². The number of rotatable bonds is 6. The maximum absolute atomic E-state index is 11.0. The van der Waals surface area contributed by atoms with Crippen LogP contribution < -0.4 is 0 Å². The minimum absolute atomic E-state index is 0.107. The number of benzene rings is 1. The summed E-state index contributed by atoms with van der Waals surface area (Å²) in [6.07, 6.45) is 1.89. The van der Waals surface area contributed by atoms with Gasteiger partial charge in [0.15, 0.2) is 11.5 Å². The molecule has 0 aliphatic heterocycles. The normalized spacial score (nSPS) is 10.4. The Bertz CT molecular complexity index is 400. The summed E-state index contributed by atoms with van der Waals surface area (Å²) in [5, 5.41) is 27.6. The van der Waals surface area contributed by atoms with E-state index >= 15 is 0 Å². The van der Waals surface area contributed by atoms with Crippen LogP contribution in [0.3, 0.4) is 0 Å². The second-order valence-corrected chi connectivity index (χ2v) is 3.68. The van der Waals surface area contributed by atoms with Gasteiger partial charge in [0.25, 0.3) is 0 Å². The van der Waals surface area contributed by atoms with Gasteiger partial charge in [0.05, 0.1) is 6.61 Å². The smallest absolute Gasteiger partial charge is 0.339 e. The Morgan fingerprint density at radius 2 is 2.06 bits per heavy atom. The highest BCUT2D eigenvalue weighted by molar-refractivity contribution is 5.93. The van der Waals surface area contributed by atoms with E-state index in [9.17, 15) is 15.0 Å². The summed E-state index contributed by atoms with van der Waals surface area (Å²) in [5.41, 5.74) is 0.0467. The van der Waals surface area contributed by atoms with Gasteiger partial charge in [-0.2, -0.15) is 0 Å². The van der Waals surface area contributed by atoms with Gasteiger partial charge in [-0.15, -0.1) is 0 Å². The number of aromatic carboxylic acids is 1. The van der Waals surface area contributed by atoms with E-state index in [1.54, 1.807) is 0 Å². The van der Waals surface area contributed by atoms with E-state index in [0.29, 0.717) is 12.2 Å². The molecule has 0 unspecified atom stereocenters. The monoisotopic (exact) mass is 240 g/mol. The van der Waals surface area contributed by atoms with E-state index in [4.69, 9.17) is 9.84 Å². The fourth-order valence-corrected chi connectivity index (χ4v) is 1.41. The predicted octanol–water partition coefficient (Wildman–Crippen LogP) is 2.11. The van der Waals surface area contributed by atoms with Crippen LogP contribution in [0, 0.1) is 0 Å². The van der Waals surface area contributed by atoms with Crippen LogP contribution in [0.2, 0.25) is 0 Å². The molecule has 0 saturated heterocycles. The number of phenols is 2. The lowest BCUT2D eigenvalue weighted by atomic mass is 10.1. The zero-order valence-electron chi connectivity index (χ0n) is 9.64. The maximum atomic E-state index is 11.0. The average Bonchev–Trinajstić information content (AvgIpc) is 2.28. The van der Waals surface area contributed by atoms with E-state index in [0.717, 1.165) is 12.8 Å². The van der Waals surface area contributed by atoms with Gasteiger partial charge in [-0.1, -0.05) is 19.4 Å². The largest absolute Gasteiger partial charge is 0.504 e. The van der Waals surface area contributed by atoms with Gasteiger partial charge in [-0.25, -0.2) is 4.79 Å². The average molecular weight is 240 g/mol. The first kappa shape index (κ1) is 13.3. The molecular weight excluding hydrogens is 224 g/mol. The van der Waals surface area contributed by atoms with Gasteiger partial charge in [0, 0.05) is 6.61 Å². The lowest BCUT2D eigenvalue weighted by Crippen LogP contribution is -2.05. The molecule has 5 heteroatoms. The molecule has 0 radical (unpaired) electrons. The number of hydrogen-bond acceptors (Lipinski definition) is 4. The maximum Gasteiger partial charge on any atom is 0.339 e. The van der Waals surface area contributed by atoms with Crippen molar-refractivity contribution in [1.82, 2.24) is 0 Å². The lowest BCUT2D eigenvalue weighted by Gasteiger charge is -2.09. The quantitative estimate of drug-likeness (QED) is 0.523. The molecule has 17 heavy (non-hydrogen) atoms. The summed E-state index contributed by atoms with van der Waals surface area (Å²) in [6.45, 7) is 2.67. The van der Waals surface area contributed by atoms with Crippen LogP contribution in [-0.4, -0.2) is 27.9 Å². The minimum atomic E-state index is -1.28. The van der Waals surface area contributed by atoms with Crippen molar-refractivity contribution in [2.24, 2.45) is 0 Å². The second-order valence-electron chi connectivity index (χ2n) is 3.68. The summed E-state index contributed by atoms with van der Waals surface area (Å²) < 4.78 is 5.29. The highest BCUT2D eigenvalue weighted by atomic mass is 16.5. The van der Waals surface area contributed by atoms with Crippen LogP contribution >= 0.6 is 0 Å². The third kappa shape index (κ3) is 3.35. The molecule has 0 fully saturated rings. The SMILES string of the molecule is CCCCOCc1ccc(O)c(O)c1C(=O)O. The van der Waals surface area contributed by atoms with Crippen molar-refractivity contribution >= 4 is 5.97 Å². The Morgan fingerprint density at radius 3 is 2.65 bits per heavy atom. The van der Waals surface area contributed by atoms with Crippen molar-refractivity contribution in [1.29, 1.82) is 0 Å². The number of unbranched alkanes of at least 4 members (excludes halogenated alkanes) is 1. The Hall–Kier alpha value is -1.75. The molecule has 1 aromatic rings. The minimum Gasteiger partial charge on any atom is -0.504 e. The van der Waals surface area contributed by atoms with Crippen molar-refractivity contribution in [2.45, 2.75) is 26.4 Å². The third-order valence-corrected chi connectivity index (χ3v) is 2.36.